The molecular formula is C16H31N3O. The Labute approximate surface area is 124 Å². The molecule has 0 aromatic rings. The van der Waals surface area contributed by atoms with E-state index in [1.165, 1.54) is 0 Å². The molecule has 0 aliphatic rings. The number of rotatable bonds is 11. The molecule has 1 amide bonds. The predicted molar refractivity (Wildman–Crippen MR) is 86.5 cm³/mol. The highest BCUT2D eigenvalue weighted by atomic mass is 16.2. The topological polar surface area (TPSA) is 49.6 Å². The third-order valence-electron chi connectivity index (χ3n) is 3.15. The summed E-state index contributed by atoms with van der Waals surface area (Å²) in [4.78, 5) is 16.3. The molecule has 0 aliphatic carbocycles. The van der Waals surface area contributed by atoms with Crippen molar-refractivity contribution in [2.75, 3.05) is 39.3 Å². The predicted octanol–water partition coefficient (Wildman–Crippen LogP) is 1.88. The Morgan fingerprint density at radius 1 is 1.25 bits per heavy atom. The average molecular weight is 281 g/mol. The van der Waals surface area contributed by atoms with Crippen LogP contribution in [0.5, 0.6) is 0 Å². The normalized spacial score (nSPS) is 11.4. The fraction of sp³-hybridized carbons (Fsp3) is 0.688. The Balaban J connectivity index is 4.66. The Kier molecular flexibility index (Phi) is 9.17. The molecule has 0 rings (SSSR count). The molecule has 0 fully saturated rings. The van der Waals surface area contributed by atoms with Crippen molar-refractivity contribution >= 4 is 5.91 Å². The second kappa shape index (κ2) is 9.72. The molecule has 0 unspecified atom stereocenters. The molecule has 0 radical (unpaired) electrons. The van der Waals surface area contributed by atoms with Crippen molar-refractivity contribution in [2.45, 2.75) is 27.2 Å². The van der Waals surface area contributed by atoms with Crippen molar-refractivity contribution in [1.82, 2.24) is 9.80 Å². The van der Waals surface area contributed by atoms with Crippen LogP contribution in [0.15, 0.2) is 25.3 Å². The zero-order valence-electron chi connectivity index (χ0n) is 13.4. The molecule has 20 heavy (non-hydrogen) atoms. The lowest BCUT2D eigenvalue weighted by Gasteiger charge is -2.32. The molecule has 2 N–H and O–H groups in total. The highest BCUT2D eigenvalue weighted by Gasteiger charge is 2.22. The van der Waals surface area contributed by atoms with Crippen molar-refractivity contribution in [3.05, 3.63) is 25.3 Å². The smallest absolute Gasteiger partial charge is 0.237 e. The largest absolute Gasteiger partial charge is 0.334 e. The van der Waals surface area contributed by atoms with Crippen molar-refractivity contribution in [1.29, 1.82) is 0 Å². The highest BCUT2D eigenvalue weighted by molar-refractivity contribution is 5.78. The van der Waals surface area contributed by atoms with Gasteiger partial charge in [-0.05, 0) is 24.9 Å². The molecule has 0 heterocycles. The van der Waals surface area contributed by atoms with E-state index in [0.29, 0.717) is 26.2 Å². The van der Waals surface area contributed by atoms with E-state index in [9.17, 15) is 4.79 Å². The fourth-order valence-electron chi connectivity index (χ4n) is 2.08. The van der Waals surface area contributed by atoms with Gasteiger partial charge >= 0.3 is 0 Å². The van der Waals surface area contributed by atoms with Gasteiger partial charge in [0.25, 0.3) is 0 Å². The molecule has 0 saturated heterocycles. The first-order chi connectivity index (χ1) is 9.40. The van der Waals surface area contributed by atoms with Crippen molar-refractivity contribution in [3.63, 3.8) is 0 Å². The summed E-state index contributed by atoms with van der Waals surface area (Å²) in [7, 11) is 0. The molecule has 0 atom stereocenters. The van der Waals surface area contributed by atoms with E-state index in [-0.39, 0.29) is 11.3 Å². The van der Waals surface area contributed by atoms with Crippen LogP contribution in [0.25, 0.3) is 0 Å². The summed E-state index contributed by atoms with van der Waals surface area (Å²) in [6, 6.07) is 0. The molecule has 4 heteroatoms. The summed E-state index contributed by atoms with van der Waals surface area (Å²) >= 11 is 0. The maximum absolute atomic E-state index is 12.3. The minimum Gasteiger partial charge on any atom is -0.334 e. The fourth-order valence-corrected chi connectivity index (χ4v) is 2.08. The van der Waals surface area contributed by atoms with Crippen LogP contribution in [0.3, 0.4) is 0 Å². The summed E-state index contributed by atoms with van der Waals surface area (Å²) in [5, 5.41) is 0. The van der Waals surface area contributed by atoms with Crippen LogP contribution in [0, 0.1) is 5.41 Å². The first-order valence-electron chi connectivity index (χ1n) is 7.32. The molecule has 0 bridgehead atoms. The van der Waals surface area contributed by atoms with Gasteiger partial charge in [0.2, 0.25) is 5.91 Å². The summed E-state index contributed by atoms with van der Waals surface area (Å²) in [6.45, 7) is 17.7. The van der Waals surface area contributed by atoms with E-state index >= 15 is 0 Å². The van der Waals surface area contributed by atoms with E-state index < -0.39 is 0 Å². The summed E-state index contributed by atoms with van der Waals surface area (Å²) in [5.41, 5.74) is 5.81. The Bertz CT molecular complexity index is 303. The Morgan fingerprint density at radius 2 is 1.80 bits per heavy atom. The Hall–Kier alpha value is -1.13. The first kappa shape index (κ1) is 18.9. The van der Waals surface area contributed by atoms with Gasteiger partial charge < -0.3 is 10.6 Å². The summed E-state index contributed by atoms with van der Waals surface area (Å²) in [6.07, 6.45) is 4.52. The van der Waals surface area contributed by atoms with Crippen LogP contribution in [-0.4, -0.2) is 55.0 Å². The quantitative estimate of drug-likeness (QED) is 0.588. The van der Waals surface area contributed by atoms with Gasteiger partial charge in [-0.2, -0.15) is 0 Å². The molecule has 0 aromatic carbocycles. The van der Waals surface area contributed by atoms with Gasteiger partial charge in [0.05, 0.1) is 6.54 Å². The average Bonchev–Trinajstić information content (AvgIpc) is 2.38. The standard InChI is InChI=1S/C16H31N3O/c1-6-9-18(14-16(4,5)13-17)12-15(20)19(10-7-2)11-8-3/h7-8H,2-3,6,9-14,17H2,1,4-5H3. The van der Waals surface area contributed by atoms with Crippen LogP contribution in [0.4, 0.5) is 0 Å². The van der Waals surface area contributed by atoms with Crippen LogP contribution < -0.4 is 5.73 Å². The minimum atomic E-state index is 0.0250. The van der Waals surface area contributed by atoms with Gasteiger partial charge in [0.1, 0.15) is 0 Å². The van der Waals surface area contributed by atoms with E-state index in [1.807, 2.05) is 0 Å². The van der Waals surface area contributed by atoms with Gasteiger partial charge in [-0.3, -0.25) is 9.69 Å². The second-order valence-electron chi connectivity index (χ2n) is 5.96. The van der Waals surface area contributed by atoms with E-state index in [2.05, 4.69) is 38.8 Å². The molecule has 0 aliphatic heterocycles. The van der Waals surface area contributed by atoms with E-state index in [0.717, 1.165) is 19.5 Å². The van der Waals surface area contributed by atoms with Gasteiger partial charge in [-0.15, -0.1) is 13.2 Å². The third-order valence-corrected chi connectivity index (χ3v) is 3.15. The monoisotopic (exact) mass is 281 g/mol. The van der Waals surface area contributed by atoms with Crippen molar-refractivity contribution < 1.29 is 4.79 Å². The Morgan fingerprint density at radius 3 is 2.20 bits per heavy atom. The number of hydrogen-bond acceptors (Lipinski definition) is 3. The van der Waals surface area contributed by atoms with Crippen molar-refractivity contribution in [3.8, 4) is 0 Å². The van der Waals surface area contributed by atoms with Gasteiger partial charge in [-0.25, -0.2) is 0 Å². The number of nitrogens with two attached hydrogens (primary N) is 1. The summed E-state index contributed by atoms with van der Waals surface area (Å²) in [5.74, 6) is 0.117. The molecule has 0 saturated carbocycles. The number of nitrogens with zero attached hydrogens (tertiary/aromatic N) is 2. The lowest BCUT2D eigenvalue weighted by atomic mass is 9.93. The maximum atomic E-state index is 12.3. The zero-order chi connectivity index (χ0) is 15.6. The molecule has 4 nitrogen and oxygen atoms in total. The van der Waals surface area contributed by atoms with Crippen LogP contribution in [-0.2, 0) is 4.79 Å². The second-order valence-corrected chi connectivity index (χ2v) is 5.96. The van der Waals surface area contributed by atoms with Crippen molar-refractivity contribution in [2.24, 2.45) is 11.1 Å². The molecular weight excluding hydrogens is 250 g/mol. The maximum Gasteiger partial charge on any atom is 0.237 e. The lowest BCUT2D eigenvalue weighted by molar-refractivity contribution is -0.131. The van der Waals surface area contributed by atoms with Crippen LogP contribution in [0.1, 0.15) is 27.2 Å². The van der Waals surface area contributed by atoms with Gasteiger partial charge in [-0.1, -0.05) is 32.9 Å². The number of hydrogen-bond donors (Lipinski definition) is 1. The molecule has 0 spiro atoms. The zero-order valence-corrected chi connectivity index (χ0v) is 13.4. The van der Waals surface area contributed by atoms with Crippen LogP contribution in [0.2, 0.25) is 0 Å². The number of carbonyl (C=O) groups is 1. The lowest BCUT2D eigenvalue weighted by Crippen LogP contribution is -2.45. The van der Waals surface area contributed by atoms with Gasteiger partial charge in [0, 0.05) is 19.6 Å². The summed E-state index contributed by atoms with van der Waals surface area (Å²) < 4.78 is 0. The number of amides is 1. The third kappa shape index (κ3) is 7.46. The van der Waals surface area contributed by atoms with Gasteiger partial charge in [0.15, 0.2) is 0 Å². The molecule has 0 aromatic heterocycles. The number of carbonyl (C=O) groups excluding carboxylic acids is 1. The first-order valence-corrected chi connectivity index (χ1v) is 7.32. The molecule has 116 valence electrons. The van der Waals surface area contributed by atoms with Crippen LogP contribution >= 0.6 is 0 Å². The SMILES string of the molecule is C=CCN(CC=C)C(=O)CN(CCC)CC(C)(C)CN. The minimum absolute atomic E-state index is 0.0250. The highest BCUT2D eigenvalue weighted by Crippen LogP contribution is 2.15. The van der Waals surface area contributed by atoms with E-state index in [4.69, 9.17) is 5.73 Å². The van der Waals surface area contributed by atoms with E-state index in [1.54, 1.807) is 17.1 Å².